The fourth-order valence-corrected chi connectivity index (χ4v) is 3.33. The largest absolute Gasteiger partial charge is 0.376 e. The van der Waals surface area contributed by atoms with E-state index in [4.69, 9.17) is 4.74 Å². The van der Waals surface area contributed by atoms with Crippen LogP contribution in [0, 0.1) is 5.92 Å². The Balaban J connectivity index is 1.62. The fourth-order valence-electron chi connectivity index (χ4n) is 3.33. The van der Waals surface area contributed by atoms with Crippen molar-refractivity contribution >= 4 is 11.7 Å². The zero-order valence-electron chi connectivity index (χ0n) is 13.6. The van der Waals surface area contributed by atoms with Crippen LogP contribution < -0.4 is 5.32 Å². The van der Waals surface area contributed by atoms with Crippen molar-refractivity contribution in [3.05, 3.63) is 42.5 Å². The van der Waals surface area contributed by atoms with Crippen molar-refractivity contribution in [1.29, 1.82) is 0 Å². The molecule has 4 nitrogen and oxygen atoms in total. The van der Waals surface area contributed by atoms with Gasteiger partial charge < -0.3 is 15.0 Å². The molecule has 3 rings (SSSR count). The molecule has 124 valence electrons. The highest BCUT2D eigenvalue weighted by Crippen LogP contribution is 2.21. The highest BCUT2D eigenvalue weighted by atomic mass is 16.5. The topological polar surface area (TPSA) is 41.6 Å². The van der Waals surface area contributed by atoms with E-state index in [1.54, 1.807) is 0 Å². The molecule has 2 aliphatic rings. The van der Waals surface area contributed by atoms with Gasteiger partial charge in [0.05, 0.1) is 6.10 Å². The molecule has 4 heteroatoms. The lowest BCUT2D eigenvalue weighted by Crippen LogP contribution is -2.43. The minimum absolute atomic E-state index is 0.0127. The van der Waals surface area contributed by atoms with Gasteiger partial charge in [0.1, 0.15) is 0 Å². The van der Waals surface area contributed by atoms with Crippen LogP contribution in [0.25, 0.3) is 0 Å². The van der Waals surface area contributed by atoms with Crippen LogP contribution >= 0.6 is 0 Å². The Bertz CT molecular complexity index is 523. The van der Waals surface area contributed by atoms with Gasteiger partial charge in [-0.15, -0.1) is 0 Å². The highest BCUT2D eigenvalue weighted by Gasteiger charge is 2.25. The van der Waals surface area contributed by atoms with Gasteiger partial charge in [-0.25, -0.2) is 4.79 Å². The smallest absolute Gasteiger partial charge is 0.321 e. The van der Waals surface area contributed by atoms with Gasteiger partial charge in [0.2, 0.25) is 0 Å². The molecule has 1 saturated heterocycles. The fraction of sp³-hybridized carbons (Fsp3) is 0.526. The maximum Gasteiger partial charge on any atom is 0.321 e. The lowest BCUT2D eigenvalue weighted by molar-refractivity contribution is 0.0791. The first-order valence-electron chi connectivity index (χ1n) is 8.69. The standard InChI is InChI=1S/C19H26N2O2/c22-19(20-17-10-5-2-6-11-17)21(15-18-12-7-13-23-18)14-16-8-3-1-4-9-16/h1-3,5-6,10-11,16,18H,4,7-9,12-15H2,(H,20,22)/t16-,18-/m1/s1. The second kappa shape index (κ2) is 8.16. The molecule has 0 bridgehead atoms. The number of benzene rings is 1. The zero-order valence-corrected chi connectivity index (χ0v) is 13.6. The SMILES string of the molecule is O=C(Nc1ccccc1)N(C[C@@H]1CC=CCC1)C[C@H]1CCCO1. The number of carbonyl (C=O) groups is 1. The summed E-state index contributed by atoms with van der Waals surface area (Å²) in [6.07, 6.45) is 10.2. The van der Waals surface area contributed by atoms with E-state index in [1.165, 1.54) is 0 Å². The molecule has 2 atom stereocenters. The zero-order chi connectivity index (χ0) is 15.9. The molecule has 1 fully saturated rings. The van der Waals surface area contributed by atoms with Gasteiger partial charge in [0, 0.05) is 25.4 Å². The van der Waals surface area contributed by atoms with E-state index in [2.05, 4.69) is 17.5 Å². The van der Waals surface area contributed by atoms with Crippen molar-refractivity contribution in [2.45, 2.75) is 38.2 Å². The number of hydrogen-bond donors (Lipinski definition) is 1. The van der Waals surface area contributed by atoms with Gasteiger partial charge in [-0.3, -0.25) is 0 Å². The minimum atomic E-state index is -0.0127. The number of nitrogens with one attached hydrogen (secondary N) is 1. The molecule has 1 aliphatic heterocycles. The molecular weight excluding hydrogens is 288 g/mol. The van der Waals surface area contributed by atoms with Crippen LogP contribution in [0.5, 0.6) is 0 Å². The first kappa shape index (κ1) is 16.1. The number of ether oxygens (including phenoxy) is 1. The van der Waals surface area contributed by atoms with E-state index < -0.39 is 0 Å². The van der Waals surface area contributed by atoms with Crippen LogP contribution in [0.3, 0.4) is 0 Å². The van der Waals surface area contributed by atoms with E-state index >= 15 is 0 Å². The Kier molecular flexibility index (Phi) is 5.70. The Morgan fingerprint density at radius 3 is 2.74 bits per heavy atom. The molecule has 1 heterocycles. The second-order valence-electron chi connectivity index (χ2n) is 6.49. The number of amides is 2. The molecule has 2 amide bonds. The van der Waals surface area contributed by atoms with Crippen molar-refractivity contribution in [3.8, 4) is 0 Å². The van der Waals surface area contributed by atoms with Gasteiger partial charge in [-0.1, -0.05) is 30.4 Å². The number of nitrogens with zero attached hydrogens (tertiary/aromatic N) is 1. The van der Waals surface area contributed by atoms with E-state index in [0.29, 0.717) is 12.5 Å². The Morgan fingerprint density at radius 2 is 2.04 bits per heavy atom. The highest BCUT2D eigenvalue weighted by molar-refractivity contribution is 5.89. The molecule has 1 aromatic rings. The number of urea groups is 1. The maximum absolute atomic E-state index is 12.7. The van der Waals surface area contributed by atoms with Gasteiger partial charge in [0.25, 0.3) is 0 Å². The summed E-state index contributed by atoms with van der Waals surface area (Å²) in [5, 5.41) is 3.02. The average Bonchev–Trinajstić information content (AvgIpc) is 3.09. The quantitative estimate of drug-likeness (QED) is 0.833. The Hall–Kier alpha value is -1.81. The van der Waals surface area contributed by atoms with Crippen molar-refractivity contribution in [2.75, 3.05) is 25.0 Å². The predicted molar refractivity (Wildman–Crippen MR) is 92.5 cm³/mol. The number of carbonyl (C=O) groups excluding carboxylic acids is 1. The summed E-state index contributed by atoms with van der Waals surface area (Å²) in [6, 6.07) is 9.66. The summed E-state index contributed by atoms with van der Waals surface area (Å²) in [4.78, 5) is 14.7. The van der Waals surface area contributed by atoms with E-state index in [1.807, 2.05) is 35.2 Å². The van der Waals surface area contributed by atoms with Crippen LogP contribution in [0.4, 0.5) is 10.5 Å². The first-order chi connectivity index (χ1) is 11.3. The third-order valence-electron chi connectivity index (χ3n) is 4.62. The van der Waals surface area contributed by atoms with Crippen LogP contribution in [-0.4, -0.2) is 36.7 Å². The summed E-state index contributed by atoms with van der Waals surface area (Å²) < 4.78 is 5.74. The van der Waals surface area contributed by atoms with Crippen molar-refractivity contribution in [1.82, 2.24) is 4.90 Å². The number of rotatable bonds is 5. The molecule has 0 radical (unpaired) electrons. The van der Waals surface area contributed by atoms with Crippen LogP contribution in [-0.2, 0) is 4.74 Å². The predicted octanol–water partition coefficient (Wildman–Crippen LogP) is 4.06. The normalized spacial score (nSPS) is 23.7. The van der Waals surface area contributed by atoms with Crippen molar-refractivity contribution in [2.24, 2.45) is 5.92 Å². The molecule has 1 N–H and O–H groups in total. The summed E-state index contributed by atoms with van der Waals surface area (Å²) >= 11 is 0. The molecule has 0 aromatic heterocycles. The number of para-hydroxylation sites is 1. The molecular formula is C19H26N2O2. The second-order valence-corrected chi connectivity index (χ2v) is 6.49. The molecule has 0 unspecified atom stereocenters. The van der Waals surface area contributed by atoms with Crippen LogP contribution in [0.1, 0.15) is 32.1 Å². The third kappa shape index (κ3) is 4.83. The molecule has 1 aliphatic carbocycles. The lowest BCUT2D eigenvalue weighted by Gasteiger charge is -2.30. The van der Waals surface area contributed by atoms with Gasteiger partial charge in [0.15, 0.2) is 0 Å². The van der Waals surface area contributed by atoms with Crippen molar-refractivity contribution in [3.63, 3.8) is 0 Å². The molecule has 0 spiro atoms. The Labute approximate surface area is 138 Å². The van der Waals surface area contributed by atoms with Crippen LogP contribution in [0.2, 0.25) is 0 Å². The lowest BCUT2D eigenvalue weighted by atomic mass is 9.94. The van der Waals surface area contributed by atoms with E-state index in [9.17, 15) is 4.79 Å². The number of anilines is 1. The maximum atomic E-state index is 12.7. The van der Waals surface area contributed by atoms with Crippen molar-refractivity contribution < 1.29 is 9.53 Å². The molecule has 23 heavy (non-hydrogen) atoms. The van der Waals surface area contributed by atoms with E-state index in [0.717, 1.165) is 50.9 Å². The summed E-state index contributed by atoms with van der Waals surface area (Å²) in [5.74, 6) is 0.558. The molecule has 1 aromatic carbocycles. The number of hydrogen-bond acceptors (Lipinski definition) is 2. The molecule has 0 saturated carbocycles. The van der Waals surface area contributed by atoms with Gasteiger partial charge in [-0.2, -0.15) is 0 Å². The third-order valence-corrected chi connectivity index (χ3v) is 4.62. The van der Waals surface area contributed by atoms with Gasteiger partial charge >= 0.3 is 6.03 Å². The summed E-state index contributed by atoms with van der Waals surface area (Å²) in [6.45, 7) is 2.33. The van der Waals surface area contributed by atoms with Gasteiger partial charge in [-0.05, 0) is 50.2 Å². The Morgan fingerprint density at radius 1 is 1.17 bits per heavy atom. The monoisotopic (exact) mass is 314 g/mol. The summed E-state index contributed by atoms with van der Waals surface area (Å²) in [7, 11) is 0. The minimum Gasteiger partial charge on any atom is -0.376 e. The first-order valence-corrected chi connectivity index (χ1v) is 8.69. The van der Waals surface area contributed by atoms with E-state index in [-0.39, 0.29) is 12.1 Å². The summed E-state index contributed by atoms with van der Waals surface area (Å²) in [5.41, 5.74) is 0.846. The average molecular weight is 314 g/mol. The van der Waals surface area contributed by atoms with Crippen LogP contribution in [0.15, 0.2) is 42.5 Å². The number of allylic oxidation sites excluding steroid dienone is 2.